The summed E-state index contributed by atoms with van der Waals surface area (Å²) in [6, 6.07) is 4.75. The van der Waals surface area contributed by atoms with Crippen molar-refractivity contribution in [3.8, 4) is 11.8 Å². The molecule has 0 fully saturated rings. The number of methoxy groups -OCH3 is 1. The quantitative estimate of drug-likeness (QED) is 0.167. The van der Waals surface area contributed by atoms with Gasteiger partial charge in [-0.2, -0.15) is 0 Å². The molecule has 1 aromatic carbocycles. The van der Waals surface area contributed by atoms with Gasteiger partial charge in [0.2, 0.25) is 0 Å². The second-order valence-corrected chi connectivity index (χ2v) is 3.30. The number of hydrogen-bond acceptors (Lipinski definition) is 4. The number of carbonyl (C=O) groups is 1. The highest BCUT2D eigenvalue weighted by Crippen LogP contribution is 2.13. The van der Waals surface area contributed by atoms with E-state index >= 15 is 0 Å². The molecular formula is C12H12N4O2. The number of hydrogen-bond donors (Lipinski definition) is 1. The monoisotopic (exact) mass is 244 g/mol. The molecule has 0 atom stereocenters. The van der Waals surface area contributed by atoms with E-state index in [0.717, 1.165) is 0 Å². The maximum absolute atomic E-state index is 11.3. The number of ether oxygens (including phenoxy) is 1. The Bertz CT molecular complexity index is 551. The number of nitrogen functional groups attached to an aromatic ring is 1. The first-order valence-corrected chi connectivity index (χ1v) is 5.16. The number of azide groups is 1. The normalized spacial score (nSPS) is 8.72. The van der Waals surface area contributed by atoms with Crippen LogP contribution in [-0.4, -0.2) is 19.6 Å². The summed E-state index contributed by atoms with van der Waals surface area (Å²) < 4.78 is 4.61. The van der Waals surface area contributed by atoms with Crippen molar-refractivity contribution >= 4 is 11.7 Å². The van der Waals surface area contributed by atoms with E-state index in [1.807, 2.05) is 0 Å². The highest BCUT2D eigenvalue weighted by molar-refractivity contribution is 5.90. The number of nitrogens with zero attached hydrogens (tertiary/aromatic N) is 3. The minimum Gasteiger partial charge on any atom is -0.465 e. The maximum Gasteiger partial charge on any atom is 0.337 e. The van der Waals surface area contributed by atoms with Gasteiger partial charge in [0.25, 0.3) is 0 Å². The van der Waals surface area contributed by atoms with Crippen molar-refractivity contribution in [2.45, 2.75) is 6.42 Å². The fraction of sp³-hybridized carbons (Fsp3) is 0.250. The molecule has 0 saturated carbocycles. The molecule has 0 aliphatic carbocycles. The third-order valence-electron chi connectivity index (χ3n) is 2.10. The average Bonchev–Trinajstić information content (AvgIpc) is 2.39. The summed E-state index contributed by atoms with van der Waals surface area (Å²) in [5.41, 5.74) is 15.3. The molecule has 0 heterocycles. The van der Waals surface area contributed by atoms with Gasteiger partial charge < -0.3 is 10.5 Å². The Hall–Kier alpha value is -2.64. The highest BCUT2D eigenvalue weighted by atomic mass is 16.5. The van der Waals surface area contributed by atoms with Crippen LogP contribution >= 0.6 is 0 Å². The van der Waals surface area contributed by atoms with E-state index in [2.05, 4.69) is 26.6 Å². The molecule has 1 rings (SSSR count). The lowest BCUT2D eigenvalue weighted by molar-refractivity contribution is 0.0600. The molecule has 0 aromatic heterocycles. The first-order chi connectivity index (χ1) is 8.69. The van der Waals surface area contributed by atoms with E-state index in [1.54, 1.807) is 18.2 Å². The molecule has 2 N–H and O–H groups in total. The van der Waals surface area contributed by atoms with Gasteiger partial charge in [0.05, 0.1) is 12.7 Å². The van der Waals surface area contributed by atoms with Crippen molar-refractivity contribution in [2.24, 2.45) is 5.11 Å². The Morgan fingerprint density at radius 3 is 3.06 bits per heavy atom. The summed E-state index contributed by atoms with van der Waals surface area (Å²) in [7, 11) is 1.31. The van der Waals surface area contributed by atoms with Crippen LogP contribution in [-0.2, 0) is 4.74 Å². The van der Waals surface area contributed by atoms with Crippen molar-refractivity contribution in [3.05, 3.63) is 39.8 Å². The Morgan fingerprint density at radius 1 is 1.61 bits per heavy atom. The van der Waals surface area contributed by atoms with E-state index in [0.29, 0.717) is 29.8 Å². The molecule has 6 nitrogen and oxygen atoms in total. The third-order valence-corrected chi connectivity index (χ3v) is 2.10. The molecule has 6 heteroatoms. The van der Waals surface area contributed by atoms with E-state index in [1.165, 1.54) is 7.11 Å². The van der Waals surface area contributed by atoms with Crippen LogP contribution in [0.1, 0.15) is 22.3 Å². The van der Waals surface area contributed by atoms with Gasteiger partial charge in [-0.25, -0.2) is 4.79 Å². The van der Waals surface area contributed by atoms with E-state index in [4.69, 9.17) is 11.3 Å². The molecule has 1 aromatic rings. The predicted octanol–water partition coefficient (Wildman–Crippen LogP) is 2.11. The smallest absolute Gasteiger partial charge is 0.337 e. The minimum absolute atomic E-state index is 0.306. The second-order valence-electron chi connectivity index (χ2n) is 3.30. The van der Waals surface area contributed by atoms with Crippen LogP contribution in [0.15, 0.2) is 23.3 Å². The van der Waals surface area contributed by atoms with Crippen molar-refractivity contribution in [1.82, 2.24) is 0 Å². The summed E-state index contributed by atoms with van der Waals surface area (Å²) >= 11 is 0. The number of carbonyl (C=O) groups excluding carboxylic acids is 1. The van der Waals surface area contributed by atoms with Crippen LogP contribution in [0.2, 0.25) is 0 Å². The van der Waals surface area contributed by atoms with Gasteiger partial charge in [-0.1, -0.05) is 17.0 Å². The van der Waals surface area contributed by atoms with Gasteiger partial charge in [-0.15, -0.1) is 0 Å². The summed E-state index contributed by atoms with van der Waals surface area (Å²) in [5, 5.41) is 3.36. The molecule has 0 amide bonds. The van der Waals surface area contributed by atoms with Crippen molar-refractivity contribution in [2.75, 3.05) is 19.4 Å². The zero-order valence-corrected chi connectivity index (χ0v) is 9.88. The molecule has 0 aliphatic heterocycles. The number of benzene rings is 1. The molecule has 0 radical (unpaired) electrons. The van der Waals surface area contributed by atoms with Crippen molar-refractivity contribution in [1.29, 1.82) is 0 Å². The molecule has 18 heavy (non-hydrogen) atoms. The Labute approximate surface area is 104 Å². The van der Waals surface area contributed by atoms with Crippen LogP contribution in [0.4, 0.5) is 5.69 Å². The molecule has 0 saturated heterocycles. The second kappa shape index (κ2) is 6.84. The van der Waals surface area contributed by atoms with Gasteiger partial charge in [0, 0.05) is 29.1 Å². The lowest BCUT2D eigenvalue weighted by atomic mass is 10.1. The average molecular weight is 244 g/mol. The van der Waals surface area contributed by atoms with Crippen LogP contribution in [0, 0.1) is 11.8 Å². The van der Waals surface area contributed by atoms with Gasteiger partial charge in [-0.05, 0) is 23.7 Å². The molecule has 0 spiro atoms. The van der Waals surface area contributed by atoms with Crippen molar-refractivity contribution < 1.29 is 9.53 Å². The minimum atomic E-state index is -0.438. The fourth-order valence-corrected chi connectivity index (χ4v) is 1.22. The number of anilines is 1. The number of esters is 1. The highest BCUT2D eigenvalue weighted by Gasteiger charge is 2.06. The first-order valence-electron chi connectivity index (χ1n) is 5.16. The molecule has 0 aliphatic rings. The van der Waals surface area contributed by atoms with Gasteiger partial charge in [-0.3, -0.25) is 0 Å². The molecule has 0 bridgehead atoms. The van der Waals surface area contributed by atoms with E-state index in [-0.39, 0.29) is 0 Å². The van der Waals surface area contributed by atoms with Crippen LogP contribution < -0.4 is 5.73 Å². The first kappa shape index (κ1) is 13.4. The van der Waals surface area contributed by atoms with Gasteiger partial charge in [0.15, 0.2) is 0 Å². The maximum atomic E-state index is 11.3. The van der Waals surface area contributed by atoms with Gasteiger partial charge >= 0.3 is 5.97 Å². The van der Waals surface area contributed by atoms with Crippen LogP contribution in [0.3, 0.4) is 0 Å². The van der Waals surface area contributed by atoms with Crippen LogP contribution in [0.5, 0.6) is 0 Å². The van der Waals surface area contributed by atoms with Crippen LogP contribution in [0.25, 0.3) is 10.4 Å². The molecule has 92 valence electrons. The third kappa shape index (κ3) is 3.74. The molecule has 0 unspecified atom stereocenters. The summed E-state index contributed by atoms with van der Waals surface area (Å²) in [6.45, 7) is 0.306. The van der Waals surface area contributed by atoms with E-state index in [9.17, 15) is 4.79 Å². The lowest BCUT2D eigenvalue weighted by Crippen LogP contribution is -2.02. The summed E-state index contributed by atoms with van der Waals surface area (Å²) in [6.07, 6.45) is 0.436. The Kier molecular flexibility index (Phi) is 5.10. The standard InChI is InChI=1S/C12H12N4O2/c1-18-12(17)10-5-6-11(13)9(8-10)4-2-3-7-15-16-14/h5-6,8H,3,7,13H2,1H3. The Balaban J connectivity index is 2.87. The predicted molar refractivity (Wildman–Crippen MR) is 67.7 cm³/mol. The fourth-order valence-electron chi connectivity index (χ4n) is 1.22. The lowest BCUT2D eigenvalue weighted by Gasteiger charge is -2.02. The zero-order valence-electron chi connectivity index (χ0n) is 9.88. The number of rotatable bonds is 3. The Morgan fingerprint density at radius 2 is 2.39 bits per heavy atom. The van der Waals surface area contributed by atoms with Crippen molar-refractivity contribution in [3.63, 3.8) is 0 Å². The zero-order chi connectivity index (χ0) is 13.4. The number of nitrogens with two attached hydrogens (primary N) is 1. The summed E-state index contributed by atoms with van der Waals surface area (Å²) in [5.74, 6) is 5.20. The topological polar surface area (TPSA) is 101 Å². The molecular weight excluding hydrogens is 232 g/mol. The SMILES string of the molecule is COC(=O)c1ccc(N)c(C#CCCN=[N+]=[N-])c1. The van der Waals surface area contributed by atoms with E-state index < -0.39 is 5.97 Å². The van der Waals surface area contributed by atoms with Gasteiger partial charge in [0.1, 0.15) is 0 Å². The summed E-state index contributed by atoms with van der Waals surface area (Å²) in [4.78, 5) is 13.9. The largest absolute Gasteiger partial charge is 0.465 e.